The topological polar surface area (TPSA) is 9.23 Å². The number of benzene rings is 2. The zero-order valence-corrected chi connectivity index (χ0v) is 19.6. The summed E-state index contributed by atoms with van der Waals surface area (Å²) in [6.45, 7) is 11.9. The van der Waals surface area contributed by atoms with Gasteiger partial charge >= 0.3 is 0 Å². The number of halogens is 3. The summed E-state index contributed by atoms with van der Waals surface area (Å²) in [7, 11) is 0. The normalized spacial score (nSPS) is 18.8. The van der Waals surface area contributed by atoms with Gasteiger partial charge in [-0.1, -0.05) is 69.3 Å². The van der Waals surface area contributed by atoms with Crippen LogP contribution in [0.4, 0.5) is 13.2 Å². The van der Waals surface area contributed by atoms with E-state index in [2.05, 4.69) is 20.1 Å². The van der Waals surface area contributed by atoms with Gasteiger partial charge in [-0.15, -0.1) is 0 Å². The second-order valence-corrected chi connectivity index (χ2v) is 8.98. The van der Waals surface area contributed by atoms with Crippen LogP contribution >= 0.6 is 0 Å². The van der Waals surface area contributed by atoms with E-state index in [0.29, 0.717) is 42.1 Å². The Hall–Kier alpha value is -2.75. The van der Waals surface area contributed by atoms with Crippen LogP contribution in [-0.2, 0) is 11.2 Å². The molecule has 2 aromatic carbocycles. The highest BCUT2D eigenvalue weighted by Crippen LogP contribution is 2.38. The Labute approximate surface area is 195 Å². The van der Waals surface area contributed by atoms with Crippen LogP contribution in [0.25, 0.3) is 11.1 Å². The van der Waals surface area contributed by atoms with Crippen molar-refractivity contribution in [3.05, 3.63) is 95.6 Å². The maximum absolute atomic E-state index is 14.9. The Morgan fingerprint density at radius 2 is 1.67 bits per heavy atom. The first-order chi connectivity index (χ1) is 15.8. The molecule has 0 aliphatic heterocycles. The van der Waals surface area contributed by atoms with Gasteiger partial charge in [0.05, 0.1) is 6.61 Å². The lowest BCUT2D eigenvalue weighted by molar-refractivity contribution is 0.243. The molecule has 33 heavy (non-hydrogen) atoms. The van der Waals surface area contributed by atoms with Crippen molar-refractivity contribution in [1.82, 2.24) is 0 Å². The van der Waals surface area contributed by atoms with Crippen molar-refractivity contribution in [2.75, 3.05) is 6.61 Å². The lowest BCUT2D eigenvalue weighted by Gasteiger charge is -2.27. The fourth-order valence-electron chi connectivity index (χ4n) is 4.41. The van der Waals surface area contributed by atoms with Crippen molar-refractivity contribution in [2.24, 2.45) is 5.92 Å². The predicted molar refractivity (Wildman–Crippen MR) is 130 cm³/mol. The molecule has 0 radical (unpaired) electrons. The molecule has 1 nitrogen and oxygen atoms in total. The van der Waals surface area contributed by atoms with Crippen LogP contribution in [-0.4, -0.2) is 6.61 Å². The summed E-state index contributed by atoms with van der Waals surface area (Å²) >= 11 is 0. The Bertz CT molecular complexity index is 1010. The van der Waals surface area contributed by atoms with Crippen LogP contribution in [0.15, 0.2) is 72.8 Å². The molecule has 0 atom stereocenters. The van der Waals surface area contributed by atoms with Crippen molar-refractivity contribution in [2.45, 2.75) is 58.3 Å². The molecule has 0 heterocycles. The largest absolute Gasteiger partial charge is 0.494 e. The minimum atomic E-state index is -0.783. The fourth-order valence-corrected chi connectivity index (χ4v) is 4.41. The standard InChI is InChI=1S/C29H33F3O/c1-5-33-21(4)18-27(30)20(3)8-9-22-10-14-24(15-11-22)26-17-16-25(28(31)29(26)32)23-12-6-19(2)7-13-23/h10-11,14-19,23H,3-9,12-13H2,1-2H3/b27-18+. The monoisotopic (exact) mass is 454 g/mol. The van der Waals surface area contributed by atoms with E-state index < -0.39 is 17.5 Å². The Balaban J connectivity index is 1.66. The smallest absolute Gasteiger partial charge is 0.166 e. The summed E-state index contributed by atoms with van der Waals surface area (Å²) in [5.41, 5.74) is 2.71. The number of aryl methyl sites for hydroxylation is 1. The Kier molecular flexibility index (Phi) is 8.60. The quantitative estimate of drug-likeness (QED) is 0.272. The van der Waals surface area contributed by atoms with Crippen LogP contribution in [0, 0.1) is 17.6 Å². The average Bonchev–Trinajstić information content (AvgIpc) is 2.80. The van der Waals surface area contributed by atoms with Gasteiger partial charge in [0.25, 0.3) is 0 Å². The molecule has 1 saturated carbocycles. The predicted octanol–water partition coefficient (Wildman–Crippen LogP) is 8.82. The van der Waals surface area contributed by atoms with Gasteiger partial charge in [-0.2, -0.15) is 0 Å². The summed E-state index contributed by atoms with van der Waals surface area (Å²) in [5.74, 6) is -0.933. The van der Waals surface area contributed by atoms with Crippen LogP contribution in [0.5, 0.6) is 0 Å². The molecule has 3 rings (SSSR count). The first-order valence-electron chi connectivity index (χ1n) is 11.7. The van der Waals surface area contributed by atoms with Gasteiger partial charge in [-0.25, -0.2) is 13.2 Å². The van der Waals surface area contributed by atoms with Crippen molar-refractivity contribution in [3.63, 3.8) is 0 Å². The third kappa shape index (κ3) is 6.40. The number of rotatable bonds is 9. The Morgan fingerprint density at radius 3 is 2.30 bits per heavy atom. The second kappa shape index (κ2) is 11.4. The molecule has 0 aromatic heterocycles. The van der Waals surface area contributed by atoms with Crippen LogP contribution < -0.4 is 0 Å². The van der Waals surface area contributed by atoms with E-state index in [-0.39, 0.29) is 17.2 Å². The Morgan fingerprint density at radius 1 is 1.00 bits per heavy atom. The molecule has 1 aliphatic rings. The van der Waals surface area contributed by atoms with Gasteiger partial charge in [-0.3, -0.25) is 0 Å². The van der Waals surface area contributed by atoms with E-state index in [1.54, 1.807) is 31.2 Å². The van der Waals surface area contributed by atoms with Gasteiger partial charge in [0.2, 0.25) is 0 Å². The third-order valence-corrected chi connectivity index (χ3v) is 6.50. The molecular weight excluding hydrogens is 421 g/mol. The molecule has 0 N–H and O–H groups in total. The van der Waals surface area contributed by atoms with Crippen molar-refractivity contribution in [1.29, 1.82) is 0 Å². The van der Waals surface area contributed by atoms with Crippen LogP contribution in [0.3, 0.4) is 0 Å². The van der Waals surface area contributed by atoms with Gasteiger partial charge in [0.15, 0.2) is 11.6 Å². The van der Waals surface area contributed by atoms with Gasteiger partial charge in [-0.05, 0) is 66.7 Å². The molecule has 0 bridgehead atoms. The van der Waals surface area contributed by atoms with Gasteiger partial charge in [0, 0.05) is 11.6 Å². The first-order valence-corrected chi connectivity index (χ1v) is 11.7. The number of hydrogen-bond acceptors (Lipinski definition) is 1. The maximum Gasteiger partial charge on any atom is 0.166 e. The van der Waals surface area contributed by atoms with Crippen molar-refractivity contribution < 1.29 is 17.9 Å². The highest BCUT2D eigenvalue weighted by atomic mass is 19.2. The number of hydrogen-bond donors (Lipinski definition) is 0. The van der Waals surface area contributed by atoms with E-state index in [0.717, 1.165) is 31.2 Å². The summed E-state index contributed by atoms with van der Waals surface area (Å²) in [6, 6.07) is 10.7. The highest BCUT2D eigenvalue weighted by molar-refractivity contribution is 5.65. The van der Waals surface area contributed by atoms with Gasteiger partial charge in [0.1, 0.15) is 11.6 Å². The molecule has 0 saturated heterocycles. The molecule has 1 fully saturated rings. The highest BCUT2D eigenvalue weighted by Gasteiger charge is 2.25. The molecular formula is C29H33F3O. The second-order valence-electron chi connectivity index (χ2n) is 8.98. The van der Waals surface area contributed by atoms with Gasteiger partial charge < -0.3 is 4.74 Å². The molecule has 2 aromatic rings. The summed E-state index contributed by atoms with van der Waals surface area (Å²) < 4.78 is 49.1. The lowest BCUT2D eigenvalue weighted by atomic mass is 9.79. The van der Waals surface area contributed by atoms with Crippen LogP contribution in [0.2, 0.25) is 0 Å². The zero-order chi connectivity index (χ0) is 24.0. The number of allylic oxidation sites excluding steroid dienone is 3. The molecule has 0 amide bonds. The maximum atomic E-state index is 14.9. The summed E-state index contributed by atoms with van der Waals surface area (Å²) in [6.07, 6.45) is 6.18. The van der Waals surface area contributed by atoms with Crippen LogP contribution in [0.1, 0.15) is 63.0 Å². The molecule has 176 valence electrons. The summed E-state index contributed by atoms with van der Waals surface area (Å²) in [4.78, 5) is 0. The SMILES string of the molecule is C=C(/C=C(/F)C(=C)CCc1ccc(-c2ccc(C3CCC(C)CC3)c(F)c2F)cc1)OCC. The molecule has 0 spiro atoms. The van der Waals surface area contributed by atoms with Crippen molar-refractivity contribution >= 4 is 0 Å². The minimum Gasteiger partial charge on any atom is -0.494 e. The van der Waals surface area contributed by atoms with E-state index in [4.69, 9.17) is 4.74 Å². The van der Waals surface area contributed by atoms with E-state index in [1.165, 1.54) is 6.08 Å². The van der Waals surface area contributed by atoms with Crippen molar-refractivity contribution in [3.8, 4) is 11.1 Å². The number of ether oxygens (including phenoxy) is 1. The molecule has 4 heteroatoms. The lowest BCUT2D eigenvalue weighted by Crippen LogP contribution is -2.13. The van der Waals surface area contributed by atoms with E-state index >= 15 is 0 Å². The third-order valence-electron chi connectivity index (χ3n) is 6.50. The summed E-state index contributed by atoms with van der Waals surface area (Å²) in [5, 5.41) is 0. The average molecular weight is 455 g/mol. The fraction of sp³-hybridized carbons (Fsp3) is 0.379. The molecule has 0 unspecified atom stereocenters. The van der Waals surface area contributed by atoms with E-state index in [1.807, 2.05) is 12.1 Å². The minimum absolute atomic E-state index is 0.0976. The van der Waals surface area contributed by atoms with E-state index in [9.17, 15) is 13.2 Å². The first kappa shape index (κ1) is 24.9. The zero-order valence-electron chi connectivity index (χ0n) is 19.6. The molecule has 1 aliphatic carbocycles.